The van der Waals surface area contributed by atoms with Crippen LogP contribution in [0.15, 0.2) is 81.0 Å². The summed E-state index contributed by atoms with van der Waals surface area (Å²) in [4.78, 5) is 31.4. The summed E-state index contributed by atoms with van der Waals surface area (Å²) in [6, 6.07) is 20.2. The number of amidine groups is 1. The molecule has 0 saturated carbocycles. The van der Waals surface area contributed by atoms with Crippen LogP contribution in [0.4, 0.5) is 5.69 Å². The number of carbonyl (C=O) groups is 2. The molecule has 2 heterocycles. The molecular weight excluding hydrogens is 412 g/mol. The molecule has 7 heteroatoms. The van der Waals surface area contributed by atoms with Crippen LogP contribution < -0.4 is 0 Å². The van der Waals surface area contributed by atoms with Gasteiger partial charge in [-0.15, -0.1) is 0 Å². The molecule has 0 radical (unpaired) electrons. The fourth-order valence-electron chi connectivity index (χ4n) is 3.12. The maximum Gasteiger partial charge on any atom is 0.337 e. The first-order valence-electron chi connectivity index (χ1n) is 9.72. The number of ether oxygens (including phenoxy) is 1. The first-order chi connectivity index (χ1) is 15.1. The van der Waals surface area contributed by atoms with Crippen molar-refractivity contribution < 1.29 is 18.7 Å². The summed E-state index contributed by atoms with van der Waals surface area (Å²) < 4.78 is 10.7. The third-order valence-corrected chi connectivity index (χ3v) is 5.66. The third kappa shape index (κ3) is 4.46. The molecule has 4 rings (SSSR count). The molecule has 1 aromatic heterocycles. The Hall–Kier alpha value is -3.58. The fourth-order valence-corrected chi connectivity index (χ4v) is 4.16. The van der Waals surface area contributed by atoms with Crippen LogP contribution in [0.25, 0.3) is 17.4 Å². The molecule has 0 N–H and O–H groups in total. The second-order valence-electron chi connectivity index (χ2n) is 6.66. The van der Waals surface area contributed by atoms with Crippen molar-refractivity contribution in [2.75, 3.05) is 13.7 Å². The number of benzene rings is 2. The van der Waals surface area contributed by atoms with Crippen LogP contribution >= 0.6 is 11.8 Å². The zero-order chi connectivity index (χ0) is 21.8. The Morgan fingerprint density at radius 3 is 2.68 bits per heavy atom. The molecule has 0 atom stereocenters. The number of likely N-dealkylation sites (N-methyl/N-ethyl adjacent to an activating group) is 1. The van der Waals surface area contributed by atoms with Crippen LogP contribution in [0, 0.1) is 0 Å². The lowest BCUT2D eigenvalue weighted by Gasteiger charge is -2.11. The van der Waals surface area contributed by atoms with Crippen molar-refractivity contribution in [3.63, 3.8) is 0 Å². The van der Waals surface area contributed by atoms with Gasteiger partial charge >= 0.3 is 5.97 Å². The van der Waals surface area contributed by atoms with Crippen molar-refractivity contribution in [3.8, 4) is 11.3 Å². The molecule has 0 aliphatic carbocycles. The van der Waals surface area contributed by atoms with Gasteiger partial charge in [0.1, 0.15) is 11.5 Å². The first kappa shape index (κ1) is 20.7. The number of para-hydroxylation sites is 1. The summed E-state index contributed by atoms with van der Waals surface area (Å²) in [6.45, 7) is 2.44. The molecule has 0 unspecified atom stereocenters. The van der Waals surface area contributed by atoms with Crippen LogP contribution in [0.2, 0.25) is 0 Å². The van der Waals surface area contributed by atoms with Crippen molar-refractivity contribution in [2.24, 2.45) is 4.99 Å². The normalized spacial score (nSPS) is 16.3. The van der Waals surface area contributed by atoms with E-state index in [4.69, 9.17) is 9.15 Å². The maximum atomic E-state index is 12.8. The molecule has 0 bridgehead atoms. The molecule has 1 aliphatic rings. The van der Waals surface area contributed by atoms with Gasteiger partial charge in [-0.3, -0.25) is 9.69 Å². The molecule has 6 nitrogen and oxygen atoms in total. The SMILES string of the molecule is CCN1C(=O)C(=Cc2ccc(-c3cccc(C(=O)OC)c3)o2)SC1=Nc1ccccc1. The first-order valence-corrected chi connectivity index (χ1v) is 10.5. The number of furan rings is 1. The average Bonchev–Trinajstić information content (AvgIpc) is 3.38. The van der Waals surface area contributed by atoms with Gasteiger partial charge in [-0.1, -0.05) is 30.3 Å². The van der Waals surface area contributed by atoms with Gasteiger partial charge in [0.05, 0.1) is 23.3 Å². The van der Waals surface area contributed by atoms with Crippen LogP contribution in [0.3, 0.4) is 0 Å². The van der Waals surface area contributed by atoms with Crippen LogP contribution in [0.1, 0.15) is 23.0 Å². The number of amides is 1. The lowest BCUT2D eigenvalue weighted by atomic mass is 10.1. The van der Waals surface area contributed by atoms with E-state index in [0.29, 0.717) is 33.7 Å². The minimum absolute atomic E-state index is 0.104. The molecular formula is C24H20N2O4S. The number of esters is 1. The van der Waals surface area contributed by atoms with E-state index in [2.05, 4.69) is 4.99 Å². The van der Waals surface area contributed by atoms with E-state index in [1.54, 1.807) is 35.2 Å². The van der Waals surface area contributed by atoms with Gasteiger partial charge in [0.25, 0.3) is 5.91 Å². The highest BCUT2D eigenvalue weighted by Crippen LogP contribution is 2.35. The lowest BCUT2D eigenvalue weighted by molar-refractivity contribution is -0.122. The Kier molecular flexibility index (Phi) is 6.04. The third-order valence-electron chi connectivity index (χ3n) is 4.65. The van der Waals surface area contributed by atoms with E-state index in [0.717, 1.165) is 11.3 Å². The highest BCUT2D eigenvalue weighted by molar-refractivity contribution is 8.18. The number of hydrogen-bond acceptors (Lipinski definition) is 6. The predicted octanol–water partition coefficient (Wildman–Crippen LogP) is 5.36. The summed E-state index contributed by atoms with van der Waals surface area (Å²) in [5.74, 6) is 0.631. The van der Waals surface area contributed by atoms with Crippen molar-refractivity contribution >= 4 is 40.6 Å². The zero-order valence-corrected chi connectivity index (χ0v) is 17.9. The zero-order valence-electron chi connectivity index (χ0n) is 17.1. The van der Waals surface area contributed by atoms with Crippen molar-refractivity contribution in [1.29, 1.82) is 0 Å². The van der Waals surface area contributed by atoms with Gasteiger partial charge in [-0.2, -0.15) is 0 Å². The largest absolute Gasteiger partial charge is 0.465 e. The molecule has 156 valence electrons. The Morgan fingerprint density at radius 1 is 1.13 bits per heavy atom. The van der Waals surface area contributed by atoms with Gasteiger partial charge in [-0.05, 0) is 55.1 Å². The van der Waals surface area contributed by atoms with Crippen molar-refractivity contribution in [1.82, 2.24) is 4.90 Å². The van der Waals surface area contributed by atoms with Gasteiger partial charge in [0, 0.05) is 18.2 Å². The minimum Gasteiger partial charge on any atom is -0.465 e. The monoisotopic (exact) mass is 432 g/mol. The minimum atomic E-state index is -0.409. The van der Waals surface area contributed by atoms with Gasteiger partial charge < -0.3 is 9.15 Å². The number of thioether (sulfide) groups is 1. The number of hydrogen-bond donors (Lipinski definition) is 0. The van der Waals surface area contributed by atoms with Crippen LogP contribution in [-0.2, 0) is 9.53 Å². The van der Waals surface area contributed by atoms with Gasteiger partial charge in [-0.25, -0.2) is 9.79 Å². The maximum absolute atomic E-state index is 12.8. The number of aliphatic imine (C=N–C) groups is 1. The topological polar surface area (TPSA) is 72.1 Å². The average molecular weight is 433 g/mol. The molecule has 0 spiro atoms. The quantitative estimate of drug-likeness (QED) is 0.401. The smallest absolute Gasteiger partial charge is 0.337 e. The summed E-state index contributed by atoms with van der Waals surface area (Å²) >= 11 is 1.32. The second kappa shape index (κ2) is 9.06. The highest BCUT2D eigenvalue weighted by atomic mass is 32.2. The number of rotatable bonds is 5. The second-order valence-corrected chi connectivity index (χ2v) is 7.67. The van der Waals surface area contributed by atoms with Crippen molar-refractivity contribution in [3.05, 3.63) is 83.0 Å². The van der Waals surface area contributed by atoms with Crippen molar-refractivity contribution in [2.45, 2.75) is 6.92 Å². The Bertz CT molecular complexity index is 1180. The van der Waals surface area contributed by atoms with E-state index in [9.17, 15) is 9.59 Å². The number of methoxy groups -OCH3 is 1. The molecule has 2 aromatic carbocycles. The van der Waals surface area contributed by atoms with E-state index < -0.39 is 5.97 Å². The Morgan fingerprint density at radius 2 is 1.94 bits per heavy atom. The molecule has 1 saturated heterocycles. The summed E-state index contributed by atoms with van der Waals surface area (Å²) in [5, 5.41) is 0.641. The summed E-state index contributed by atoms with van der Waals surface area (Å²) in [6.07, 6.45) is 1.72. The van der Waals surface area contributed by atoms with E-state index in [1.807, 2.05) is 49.4 Å². The highest BCUT2D eigenvalue weighted by Gasteiger charge is 2.32. The summed E-state index contributed by atoms with van der Waals surface area (Å²) in [7, 11) is 1.34. The van der Waals surface area contributed by atoms with Gasteiger partial charge in [0.2, 0.25) is 0 Å². The Balaban J connectivity index is 1.60. The van der Waals surface area contributed by atoms with Gasteiger partial charge in [0.15, 0.2) is 5.17 Å². The van der Waals surface area contributed by atoms with E-state index in [-0.39, 0.29) is 5.91 Å². The predicted molar refractivity (Wildman–Crippen MR) is 122 cm³/mol. The number of carbonyl (C=O) groups excluding carboxylic acids is 2. The molecule has 1 fully saturated rings. The number of nitrogens with zero attached hydrogens (tertiary/aromatic N) is 2. The standard InChI is InChI=1S/C24H20N2O4S/c1-3-26-22(27)21(31-24(26)25-18-10-5-4-6-11-18)15-19-12-13-20(30-19)16-8-7-9-17(14-16)23(28)29-2/h4-15H,3H2,1-2H3. The molecule has 1 aliphatic heterocycles. The van der Waals surface area contributed by atoms with Crippen LogP contribution in [0.5, 0.6) is 0 Å². The molecule has 31 heavy (non-hydrogen) atoms. The van der Waals surface area contributed by atoms with Crippen LogP contribution in [-0.4, -0.2) is 35.6 Å². The molecule has 3 aromatic rings. The fraction of sp³-hybridized carbons (Fsp3) is 0.125. The summed E-state index contributed by atoms with van der Waals surface area (Å²) in [5.41, 5.74) is 1.99. The Labute approximate surface area is 184 Å². The van der Waals surface area contributed by atoms with E-state index in [1.165, 1.54) is 18.9 Å². The molecule has 1 amide bonds. The van der Waals surface area contributed by atoms with E-state index >= 15 is 0 Å². The lowest BCUT2D eigenvalue weighted by Crippen LogP contribution is -2.28.